The molecular weight excluding hydrogens is 745 g/mol. The molecule has 6 heteroatoms. The summed E-state index contributed by atoms with van der Waals surface area (Å²) in [5, 5.41) is 0. The zero-order chi connectivity index (χ0) is 43.7. The van der Waals surface area contributed by atoms with Crippen LogP contribution < -0.4 is 0 Å². The van der Waals surface area contributed by atoms with Crippen molar-refractivity contribution in [2.75, 3.05) is 13.2 Å². The maximum atomic E-state index is 12.8. The van der Waals surface area contributed by atoms with Crippen LogP contribution in [0, 0.1) is 0 Å². The van der Waals surface area contributed by atoms with Gasteiger partial charge in [0.25, 0.3) is 0 Å². The lowest BCUT2D eigenvalue weighted by molar-refractivity contribution is -0.167. The minimum Gasteiger partial charge on any atom is -0.462 e. The van der Waals surface area contributed by atoms with Gasteiger partial charge in [-0.25, -0.2) is 0 Å². The smallest absolute Gasteiger partial charge is 0.306 e. The minimum absolute atomic E-state index is 0.0618. The number of hydrogen-bond acceptors (Lipinski definition) is 6. The van der Waals surface area contributed by atoms with Gasteiger partial charge in [-0.3, -0.25) is 14.4 Å². The molecule has 0 spiro atoms. The number of hydrogen-bond donors (Lipinski definition) is 0. The number of rotatable bonds is 50. The van der Waals surface area contributed by atoms with Crippen molar-refractivity contribution in [1.29, 1.82) is 0 Å². The monoisotopic (exact) mass is 849 g/mol. The van der Waals surface area contributed by atoms with E-state index < -0.39 is 6.10 Å². The van der Waals surface area contributed by atoms with Gasteiger partial charge < -0.3 is 14.2 Å². The molecule has 0 amide bonds. The van der Waals surface area contributed by atoms with Gasteiger partial charge in [0.2, 0.25) is 0 Å². The van der Waals surface area contributed by atoms with E-state index in [1.165, 1.54) is 212 Å². The fourth-order valence-corrected chi connectivity index (χ4v) is 8.27. The summed E-state index contributed by atoms with van der Waals surface area (Å²) in [6, 6.07) is 0. The van der Waals surface area contributed by atoms with Gasteiger partial charge in [0.1, 0.15) is 13.2 Å². The predicted octanol–water partition coefficient (Wildman–Crippen LogP) is 17.6. The second-order valence-electron chi connectivity index (χ2n) is 18.5. The summed E-state index contributed by atoms with van der Waals surface area (Å²) >= 11 is 0. The summed E-state index contributed by atoms with van der Waals surface area (Å²) < 4.78 is 16.8. The lowest BCUT2D eigenvalue weighted by Crippen LogP contribution is -2.30. The average molecular weight is 849 g/mol. The van der Waals surface area contributed by atoms with Crippen LogP contribution >= 0.6 is 0 Å². The molecule has 0 saturated carbocycles. The molecule has 1 atom stereocenters. The first-order chi connectivity index (χ1) is 29.5. The molecule has 0 aliphatic heterocycles. The van der Waals surface area contributed by atoms with Gasteiger partial charge in [-0.15, -0.1) is 0 Å². The Kier molecular flexibility index (Phi) is 48.7. The van der Waals surface area contributed by atoms with Crippen molar-refractivity contribution in [3.63, 3.8) is 0 Å². The van der Waals surface area contributed by atoms with E-state index in [1.54, 1.807) is 0 Å². The number of esters is 3. The van der Waals surface area contributed by atoms with Crippen LogP contribution in [0.3, 0.4) is 0 Å². The molecule has 0 rings (SSSR count). The molecule has 6 nitrogen and oxygen atoms in total. The Bertz CT molecular complexity index is 889. The Balaban J connectivity index is 4.18. The van der Waals surface area contributed by atoms with E-state index in [0.29, 0.717) is 19.3 Å². The molecule has 0 bridgehead atoms. The van der Waals surface area contributed by atoms with Gasteiger partial charge in [-0.2, -0.15) is 0 Å². The number of carbonyl (C=O) groups excluding carboxylic acids is 3. The van der Waals surface area contributed by atoms with Crippen LogP contribution in [0.25, 0.3) is 0 Å². The van der Waals surface area contributed by atoms with Crippen LogP contribution in [-0.4, -0.2) is 37.2 Å². The van der Waals surface area contributed by atoms with Crippen LogP contribution in [-0.2, 0) is 28.6 Å². The Morgan fingerprint density at radius 1 is 0.267 bits per heavy atom. The zero-order valence-corrected chi connectivity index (χ0v) is 40.8. The van der Waals surface area contributed by atoms with Crippen LogP contribution in [0.4, 0.5) is 0 Å². The van der Waals surface area contributed by atoms with E-state index in [0.717, 1.165) is 57.8 Å². The van der Waals surface area contributed by atoms with Crippen molar-refractivity contribution < 1.29 is 28.6 Å². The highest BCUT2D eigenvalue weighted by Gasteiger charge is 2.19. The molecular formula is C54H104O6. The molecule has 60 heavy (non-hydrogen) atoms. The second-order valence-corrected chi connectivity index (χ2v) is 18.5. The highest BCUT2D eigenvalue weighted by molar-refractivity contribution is 5.71. The normalized spacial score (nSPS) is 11.8. The van der Waals surface area contributed by atoms with Crippen LogP contribution in [0.1, 0.15) is 310 Å². The molecule has 0 fully saturated rings. The van der Waals surface area contributed by atoms with Crippen molar-refractivity contribution in [1.82, 2.24) is 0 Å². The van der Waals surface area contributed by atoms with Crippen molar-refractivity contribution >= 4 is 17.9 Å². The van der Waals surface area contributed by atoms with E-state index in [4.69, 9.17) is 14.2 Å². The van der Waals surface area contributed by atoms with E-state index >= 15 is 0 Å². The maximum absolute atomic E-state index is 12.8. The first kappa shape index (κ1) is 58.4. The van der Waals surface area contributed by atoms with E-state index in [1.807, 2.05) is 0 Å². The first-order valence-corrected chi connectivity index (χ1v) is 27.0. The lowest BCUT2D eigenvalue weighted by Gasteiger charge is -2.18. The second kappa shape index (κ2) is 50.1. The number of unbranched alkanes of at least 4 members (excludes halogenated alkanes) is 39. The third-order valence-corrected chi connectivity index (χ3v) is 12.4. The summed E-state index contributed by atoms with van der Waals surface area (Å²) in [5.41, 5.74) is 0. The van der Waals surface area contributed by atoms with Gasteiger partial charge in [-0.1, -0.05) is 271 Å². The molecule has 0 aliphatic carbocycles. The predicted molar refractivity (Wildman–Crippen MR) is 257 cm³/mol. The molecule has 356 valence electrons. The molecule has 0 aromatic carbocycles. The van der Waals surface area contributed by atoms with Crippen molar-refractivity contribution in [2.45, 2.75) is 316 Å². The molecule has 0 N–H and O–H groups in total. The Morgan fingerprint density at radius 3 is 0.667 bits per heavy atom. The highest BCUT2D eigenvalue weighted by Crippen LogP contribution is 2.17. The number of carbonyl (C=O) groups is 3. The largest absolute Gasteiger partial charge is 0.462 e. The molecule has 0 aromatic rings. The maximum Gasteiger partial charge on any atom is 0.306 e. The quantitative estimate of drug-likeness (QED) is 0.0345. The minimum atomic E-state index is -0.759. The van der Waals surface area contributed by atoms with Gasteiger partial charge in [-0.05, 0) is 19.3 Å². The number of ether oxygens (including phenoxy) is 3. The summed E-state index contributed by atoms with van der Waals surface area (Å²) in [5.74, 6) is -0.842. The highest BCUT2D eigenvalue weighted by atomic mass is 16.6. The fourth-order valence-electron chi connectivity index (χ4n) is 8.27. The Hall–Kier alpha value is -1.59. The SMILES string of the molecule is CCCCCCCCCCCCCCCCCCCCCCC(=O)OCC(COC(=O)CCCCCCCCCCC)OC(=O)CCCCCCCCCCCCCCC. The molecule has 1 unspecified atom stereocenters. The van der Waals surface area contributed by atoms with Gasteiger partial charge in [0.15, 0.2) is 6.10 Å². The first-order valence-electron chi connectivity index (χ1n) is 27.0. The zero-order valence-electron chi connectivity index (χ0n) is 40.8. The Morgan fingerprint density at radius 2 is 0.450 bits per heavy atom. The van der Waals surface area contributed by atoms with Crippen LogP contribution in [0.2, 0.25) is 0 Å². The molecule has 0 aliphatic rings. The summed E-state index contributed by atoms with van der Waals surface area (Å²) in [6.45, 7) is 6.67. The third-order valence-electron chi connectivity index (χ3n) is 12.4. The topological polar surface area (TPSA) is 78.9 Å². The summed E-state index contributed by atoms with van der Waals surface area (Å²) in [6.07, 6.45) is 53.8. The van der Waals surface area contributed by atoms with Crippen molar-refractivity contribution in [3.8, 4) is 0 Å². The summed E-state index contributed by atoms with van der Waals surface area (Å²) in [4.78, 5) is 37.9. The Labute approximate surface area is 374 Å². The van der Waals surface area contributed by atoms with E-state index in [9.17, 15) is 14.4 Å². The molecule has 0 saturated heterocycles. The van der Waals surface area contributed by atoms with E-state index in [2.05, 4.69) is 20.8 Å². The van der Waals surface area contributed by atoms with Gasteiger partial charge in [0.05, 0.1) is 0 Å². The van der Waals surface area contributed by atoms with Crippen LogP contribution in [0.5, 0.6) is 0 Å². The molecule has 0 aromatic heterocycles. The third kappa shape index (κ3) is 47.5. The van der Waals surface area contributed by atoms with Crippen LogP contribution in [0.15, 0.2) is 0 Å². The van der Waals surface area contributed by atoms with Crippen molar-refractivity contribution in [3.05, 3.63) is 0 Å². The molecule has 0 radical (unpaired) electrons. The lowest BCUT2D eigenvalue weighted by atomic mass is 10.0. The fraction of sp³-hybridized carbons (Fsp3) is 0.944. The van der Waals surface area contributed by atoms with Gasteiger partial charge >= 0.3 is 17.9 Å². The van der Waals surface area contributed by atoms with Crippen molar-refractivity contribution in [2.24, 2.45) is 0 Å². The summed E-state index contributed by atoms with van der Waals surface area (Å²) in [7, 11) is 0. The van der Waals surface area contributed by atoms with Gasteiger partial charge in [0, 0.05) is 19.3 Å². The average Bonchev–Trinajstić information content (AvgIpc) is 3.24. The standard InChI is InChI=1S/C54H104O6/c1-4-7-10-13-16-19-21-23-24-25-26-27-28-29-31-32-35-38-41-44-47-53(56)59-50-51(49-58-52(55)46-43-40-37-34-18-15-12-9-6-3)60-54(57)48-45-42-39-36-33-30-22-20-17-14-11-8-5-2/h51H,4-50H2,1-3H3. The van der Waals surface area contributed by atoms with E-state index in [-0.39, 0.29) is 31.1 Å². The molecule has 0 heterocycles.